The summed E-state index contributed by atoms with van der Waals surface area (Å²) < 4.78 is 5.44. The average Bonchev–Trinajstić information content (AvgIpc) is 3.08. The van der Waals surface area contributed by atoms with E-state index in [1.54, 1.807) is 24.3 Å². The number of hydrogen-bond donors (Lipinski definition) is 1. The maximum absolute atomic E-state index is 12.0. The number of thioether (sulfide) groups is 1. The molecule has 0 bridgehead atoms. The van der Waals surface area contributed by atoms with E-state index >= 15 is 0 Å². The van der Waals surface area contributed by atoms with E-state index in [2.05, 4.69) is 15.5 Å². The third kappa shape index (κ3) is 5.19. The fourth-order valence-electron chi connectivity index (χ4n) is 2.09. The largest absolute Gasteiger partial charge is 0.411 e. The van der Waals surface area contributed by atoms with Crippen LogP contribution in [0.4, 0.5) is 11.4 Å². The predicted molar refractivity (Wildman–Crippen MR) is 102 cm³/mol. The van der Waals surface area contributed by atoms with Gasteiger partial charge in [0.1, 0.15) is 0 Å². The van der Waals surface area contributed by atoms with Gasteiger partial charge >= 0.3 is 0 Å². The van der Waals surface area contributed by atoms with Crippen LogP contribution in [-0.2, 0) is 4.79 Å². The summed E-state index contributed by atoms with van der Waals surface area (Å²) in [5.41, 5.74) is 0.807. The fraction of sp³-hybridized carbons (Fsp3) is 0.0625. The summed E-state index contributed by atoms with van der Waals surface area (Å²) in [6.45, 7) is 0. The second-order valence-electron chi connectivity index (χ2n) is 5.18. The Balaban J connectivity index is 1.61. The van der Waals surface area contributed by atoms with Gasteiger partial charge in [0, 0.05) is 33.4 Å². The maximum atomic E-state index is 12.0. The first-order chi connectivity index (χ1) is 12.9. The second kappa shape index (κ2) is 8.38. The summed E-state index contributed by atoms with van der Waals surface area (Å²) in [5, 5.41) is 22.1. The number of nitrogens with one attached hydrogen (secondary N) is 1. The van der Waals surface area contributed by atoms with E-state index in [1.165, 1.54) is 18.2 Å². The van der Waals surface area contributed by atoms with Gasteiger partial charge in [-0.1, -0.05) is 41.0 Å². The number of non-ortho nitro benzene ring substituents is 1. The Morgan fingerprint density at radius 1 is 1.19 bits per heavy atom. The number of aromatic nitrogens is 2. The number of amides is 1. The van der Waals surface area contributed by atoms with Gasteiger partial charge in [0.2, 0.25) is 11.8 Å². The van der Waals surface area contributed by atoms with Gasteiger partial charge in [0.15, 0.2) is 0 Å². The van der Waals surface area contributed by atoms with Gasteiger partial charge in [-0.05, 0) is 24.3 Å². The molecule has 1 aromatic heterocycles. The number of nitro benzene ring substituents is 1. The maximum Gasteiger partial charge on any atom is 0.277 e. The molecule has 11 heteroatoms. The molecule has 0 spiro atoms. The molecule has 0 aliphatic heterocycles. The fourth-order valence-corrected chi connectivity index (χ4v) is 3.18. The zero-order chi connectivity index (χ0) is 19.4. The SMILES string of the molecule is O=C(CSc1nnc(-c2cccc([N+](=O)[O-])c2)o1)Nc1cc(Cl)cc(Cl)c1. The first-order valence-electron chi connectivity index (χ1n) is 7.38. The van der Waals surface area contributed by atoms with Gasteiger partial charge in [-0.2, -0.15) is 0 Å². The summed E-state index contributed by atoms with van der Waals surface area (Å²) in [6.07, 6.45) is 0. The van der Waals surface area contributed by atoms with Crippen molar-refractivity contribution in [2.45, 2.75) is 5.22 Å². The highest BCUT2D eigenvalue weighted by molar-refractivity contribution is 7.99. The van der Waals surface area contributed by atoms with E-state index in [0.717, 1.165) is 11.8 Å². The van der Waals surface area contributed by atoms with Gasteiger partial charge < -0.3 is 9.73 Å². The van der Waals surface area contributed by atoms with Crippen molar-refractivity contribution < 1.29 is 14.1 Å². The average molecular weight is 425 g/mol. The van der Waals surface area contributed by atoms with Crippen LogP contribution in [0.2, 0.25) is 10.0 Å². The molecule has 2 aromatic carbocycles. The van der Waals surface area contributed by atoms with Gasteiger partial charge in [-0.25, -0.2) is 0 Å². The Bertz CT molecular complexity index is 991. The van der Waals surface area contributed by atoms with Crippen molar-refractivity contribution in [1.82, 2.24) is 10.2 Å². The van der Waals surface area contributed by atoms with Crippen LogP contribution in [0.3, 0.4) is 0 Å². The van der Waals surface area contributed by atoms with Crippen molar-refractivity contribution in [3.63, 3.8) is 0 Å². The zero-order valence-electron chi connectivity index (χ0n) is 13.4. The van der Waals surface area contributed by atoms with Crippen molar-refractivity contribution in [3.05, 3.63) is 62.6 Å². The number of hydrogen-bond acceptors (Lipinski definition) is 7. The molecular weight excluding hydrogens is 415 g/mol. The molecule has 0 atom stereocenters. The lowest BCUT2D eigenvalue weighted by Gasteiger charge is -2.05. The third-order valence-corrected chi connectivity index (χ3v) is 4.44. The quantitative estimate of drug-likeness (QED) is 0.347. The van der Waals surface area contributed by atoms with E-state index in [0.29, 0.717) is 21.3 Å². The van der Waals surface area contributed by atoms with Crippen molar-refractivity contribution in [3.8, 4) is 11.5 Å². The van der Waals surface area contributed by atoms with Crippen LogP contribution >= 0.6 is 35.0 Å². The second-order valence-corrected chi connectivity index (χ2v) is 6.97. The monoisotopic (exact) mass is 424 g/mol. The molecule has 0 fully saturated rings. The first-order valence-corrected chi connectivity index (χ1v) is 9.12. The van der Waals surface area contributed by atoms with Crippen LogP contribution < -0.4 is 5.32 Å². The van der Waals surface area contributed by atoms with Gasteiger partial charge in [0.25, 0.3) is 10.9 Å². The number of rotatable bonds is 6. The van der Waals surface area contributed by atoms with Crippen LogP contribution in [-0.4, -0.2) is 26.8 Å². The molecule has 0 saturated heterocycles. The standard InChI is InChI=1S/C16H10Cl2N4O4S/c17-10-5-11(18)7-12(6-10)19-14(23)8-27-16-21-20-15(26-16)9-2-1-3-13(4-9)22(24)25/h1-7H,8H2,(H,19,23). The Morgan fingerprint density at radius 2 is 1.93 bits per heavy atom. The lowest BCUT2D eigenvalue weighted by Crippen LogP contribution is -2.13. The molecule has 8 nitrogen and oxygen atoms in total. The minimum atomic E-state index is -0.512. The Kier molecular flexibility index (Phi) is 5.94. The van der Waals surface area contributed by atoms with Crippen LogP contribution in [0.25, 0.3) is 11.5 Å². The van der Waals surface area contributed by atoms with Gasteiger partial charge in [-0.3, -0.25) is 14.9 Å². The minimum Gasteiger partial charge on any atom is -0.411 e. The van der Waals surface area contributed by atoms with Crippen LogP contribution in [0.1, 0.15) is 0 Å². The summed E-state index contributed by atoms with van der Waals surface area (Å²) in [5.74, 6) is -0.169. The molecule has 0 saturated carbocycles. The normalized spacial score (nSPS) is 10.6. The molecule has 0 aliphatic rings. The number of carbonyl (C=O) groups is 1. The van der Waals surface area contributed by atoms with E-state index in [1.807, 2.05) is 0 Å². The summed E-state index contributed by atoms with van der Waals surface area (Å²) >= 11 is 12.8. The number of carbonyl (C=O) groups excluding carboxylic acids is 1. The molecule has 1 N–H and O–H groups in total. The molecule has 1 amide bonds. The molecule has 3 aromatic rings. The minimum absolute atomic E-state index is 0.0146. The van der Waals surface area contributed by atoms with Crippen LogP contribution in [0, 0.1) is 10.1 Å². The van der Waals surface area contributed by atoms with Crippen molar-refractivity contribution in [2.24, 2.45) is 0 Å². The summed E-state index contributed by atoms with van der Waals surface area (Å²) in [7, 11) is 0. The molecule has 3 rings (SSSR count). The van der Waals surface area contributed by atoms with Crippen molar-refractivity contribution in [1.29, 1.82) is 0 Å². The Labute approximate surface area is 167 Å². The number of anilines is 1. The van der Waals surface area contributed by atoms with E-state index in [-0.39, 0.29) is 28.5 Å². The van der Waals surface area contributed by atoms with E-state index < -0.39 is 4.92 Å². The molecular formula is C16H10Cl2N4O4S. The summed E-state index contributed by atoms with van der Waals surface area (Å²) in [6, 6.07) is 10.5. The highest BCUT2D eigenvalue weighted by atomic mass is 35.5. The Hall–Kier alpha value is -2.62. The third-order valence-electron chi connectivity index (χ3n) is 3.18. The van der Waals surface area contributed by atoms with Gasteiger partial charge in [-0.15, -0.1) is 10.2 Å². The molecule has 0 aliphatic carbocycles. The zero-order valence-corrected chi connectivity index (χ0v) is 15.7. The van der Waals surface area contributed by atoms with Crippen LogP contribution in [0.5, 0.6) is 0 Å². The van der Waals surface area contributed by atoms with E-state index in [4.69, 9.17) is 27.6 Å². The molecule has 27 heavy (non-hydrogen) atoms. The number of benzene rings is 2. The molecule has 1 heterocycles. The first kappa shape index (κ1) is 19.2. The van der Waals surface area contributed by atoms with E-state index in [9.17, 15) is 14.9 Å². The van der Waals surface area contributed by atoms with Gasteiger partial charge in [0.05, 0.1) is 10.7 Å². The smallest absolute Gasteiger partial charge is 0.277 e. The van der Waals surface area contributed by atoms with Crippen molar-refractivity contribution in [2.75, 3.05) is 11.1 Å². The topological polar surface area (TPSA) is 111 Å². The van der Waals surface area contributed by atoms with Crippen LogP contribution in [0.15, 0.2) is 52.1 Å². The Morgan fingerprint density at radius 3 is 2.63 bits per heavy atom. The highest BCUT2D eigenvalue weighted by Gasteiger charge is 2.14. The lowest BCUT2D eigenvalue weighted by atomic mass is 10.2. The van der Waals surface area contributed by atoms with Crippen molar-refractivity contribution >= 4 is 52.2 Å². The summed E-state index contributed by atoms with van der Waals surface area (Å²) in [4.78, 5) is 22.3. The predicted octanol–water partition coefficient (Wildman–Crippen LogP) is 4.68. The lowest BCUT2D eigenvalue weighted by molar-refractivity contribution is -0.384. The molecule has 138 valence electrons. The number of nitrogens with zero attached hydrogens (tertiary/aromatic N) is 3. The number of nitro groups is 1. The molecule has 0 radical (unpaired) electrons. The molecule has 0 unspecified atom stereocenters. The highest BCUT2D eigenvalue weighted by Crippen LogP contribution is 2.26. The number of halogens is 2.